The summed E-state index contributed by atoms with van der Waals surface area (Å²) in [6.07, 6.45) is 0. The molecule has 0 unspecified atom stereocenters. The van der Waals surface area contributed by atoms with Gasteiger partial charge in [-0.3, -0.25) is 0 Å². The van der Waals surface area contributed by atoms with Gasteiger partial charge in [0.05, 0.1) is 10.9 Å². The molecule has 2 nitrogen and oxygen atoms in total. The van der Waals surface area contributed by atoms with E-state index < -0.39 is 0 Å². The van der Waals surface area contributed by atoms with Gasteiger partial charge in [0.2, 0.25) is 11.0 Å². The predicted molar refractivity (Wildman–Crippen MR) is 86.4 cm³/mol. The van der Waals surface area contributed by atoms with Crippen molar-refractivity contribution in [3.05, 3.63) is 54.6 Å². The third-order valence-corrected chi connectivity index (χ3v) is 3.82. The molecule has 20 heavy (non-hydrogen) atoms. The van der Waals surface area contributed by atoms with E-state index >= 15 is 0 Å². The smallest absolute Gasteiger partial charge is 0.238 e. The second kappa shape index (κ2) is 4.80. The molecule has 0 saturated carbocycles. The average molecular weight is 284 g/mol. The summed E-state index contributed by atoms with van der Waals surface area (Å²) in [4.78, 5) is 3.52. The lowest BCUT2D eigenvalue weighted by Crippen LogP contribution is -2.33. The summed E-state index contributed by atoms with van der Waals surface area (Å²) >= 11 is 0. The SMILES string of the molecule is CC[n+]1c2ccccc2cc2[nH]c3ccccc3c21.Cl. The second-order valence-corrected chi connectivity index (χ2v) is 4.88. The summed E-state index contributed by atoms with van der Waals surface area (Å²) in [5.74, 6) is 0. The maximum atomic E-state index is 3.52. The maximum Gasteiger partial charge on any atom is 0.238 e. The number of para-hydroxylation sites is 2. The van der Waals surface area contributed by atoms with Crippen LogP contribution in [0.3, 0.4) is 0 Å². The molecule has 4 rings (SSSR count). The molecule has 2 aromatic carbocycles. The summed E-state index contributed by atoms with van der Waals surface area (Å²) in [6.45, 7) is 3.17. The molecule has 0 aliphatic carbocycles. The van der Waals surface area contributed by atoms with Crippen molar-refractivity contribution in [1.82, 2.24) is 4.98 Å². The highest BCUT2D eigenvalue weighted by Gasteiger charge is 2.17. The molecule has 100 valence electrons. The minimum atomic E-state index is 0. The lowest BCUT2D eigenvalue weighted by Gasteiger charge is -2.01. The summed E-state index contributed by atoms with van der Waals surface area (Å²) in [5, 5.41) is 2.58. The molecule has 0 amide bonds. The lowest BCUT2D eigenvalue weighted by atomic mass is 10.1. The van der Waals surface area contributed by atoms with Crippen molar-refractivity contribution in [1.29, 1.82) is 0 Å². The standard InChI is InChI=1S/C17H14N2.ClH/c1-2-19-16-10-6-3-7-12(16)11-15-17(19)13-8-4-5-9-14(13)18-15;/h3-11H,2H2,1H3;1H/p+1. The van der Waals surface area contributed by atoms with E-state index in [1.54, 1.807) is 0 Å². The number of benzene rings is 2. The van der Waals surface area contributed by atoms with E-state index in [1.807, 2.05) is 0 Å². The fraction of sp³-hybridized carbons (Fsp3) is 0.118. The van der Waals surface area contributed by atoms with Crippen LogP contribution in [0.5, 0.6) is 0 Å². The first-order valence-corrected chi connectivity index (χ1v) is 6.70. The van der Waals surface area contributed by atoms with Crippen molar-refractivity contribution in [3.8, 4) is 0 Å². The average Bonchev–Trinajstić information content (AvgIpc) is 2.82. The molecule has 2 heterocycles. The highest BCUT2D eigenvalue weighted by atomic mass is 35.5. The predicted octanol–water partition coefficient (Wildman–Crippen LogP) is 4.20. The van der Waals surface area contributed by atoms with E-state index in [-0.39, 0.29) is 12.4 Å². The Bertz CT molecular complexity index is 909. The fourth-order valence-corrected chi connectivity index (χ4v) is 3.00. The quantitative estimate of drug-likeness (QED) is 0.505. The van der Waals surface area contributed by atoms with Gasteiger partial charge >= 0.3 is 0 Å². The van der Waals surface area contributed by atoms with E-state index in [2.05, 4.69) is 71.1 Å². The van der Waals surface area contributed by atoms with Crippen LogP contribution in [-0.2, 0) is 6.54 Å². The van der Waals surface area contributed by atoms with Crippen LogP contribution in [-0.4, -0.2) is 4.98 Å². The zero-order valence-corrected chi connectivity index (χ0v) is 12.1. The van der Waals surface area contributed by atoms with Crippen LogP contribution >= 0.6 is 12.4 Å². The number of hydrogen-bond acceptors (Lipinski definition) is 0. The van der Waals surface area contributed by atoms with Gasteiger partial charge in [-0.2, -0.15) is 4.57 Å². The Morgan fingerprint density at radius 2 is 1.70 bits per heavy atom. The molecular weight excluding hydrogens is 268 g/mol. The van der Waals surface area contributed by atoms with E-state index in [0.29, 0.717) is 0 Å². The van der Waals surface area contributed by atoms with Gasteiger partial charge < -0.3 is 4.98 Å². The number of hydrogen-bond donors (Lipinski definition) is 1. The van der Waals surface area contributed by atoms with Gasteiger partial charge in [0.1, 0.15) is 12.1 Å². The van der Waals surface area contributed by atoms with Crippen LogP contribution in [0.1, 0.15) is 6.92 Å². The number of rotatable bonds is 1. The minimum Gasteiger partial charge on any atom is -0.349 e. The number of H-pyrrole nitrogens is 1. The molecule has 0 fully saturated rings. The first-order chi connectivity index (χ1) is 9.38. The van der Waals surface area contributed by atoms with Gasteiger partial charge in [-0.1, -0.05) is 24.3 Å². The third kappa shape index (κ3) is 1.69. The van der Waals surface area contributed by atoms with Crippen LogP contribution in [0.25, 0.3) is 32.8 Å². The van der Waals surface area contributed by atoms with Crippen molar-refractivity contribution in [2.45, 2.75) is 13.5 Å². The summed E-state index contributed by atoms with van der Waals surface area (Å²) < 4.78 is 2.39. The molecule has 0 spiro atoms. The van der Waals surface area contributed by atoms with Crippen LogP contribution in [0, 0.1) is 0 Å². The van der Waals surface area contributed by atoms with Gasteiger partial charge in [-0.25, -0.2) is 0 Å². The summed E-state index contributed by atoms with van der Waals surface area (Å²) in [5.41, 5.74) is 5.01. The Labute approximate surface area is 123 Å². The monoisotopic (exact) mass is 283 g/mol. The van der Waals surface area contributed by atoms with Crippen molar-refractivity contribution in [2.75, 3.05) is 0 Å². The van der Waals surface area contributed by atoms with Gasteiger partial charge in [-0.15, -0.1) is 12.4 Å². The Hall–Kier alpha value is -2.06. The second-order valence-electron chi connectivity index (χ2n) is 4.88. The number of aryl methyl sites for hydroxylation is 1. The van der Waals surface area contributed by atoms with Crippen LogP contribution in [0.15, 0.2) is 54.6 Å². The molecule has 0 bridgehead atoms. The number of aromatic amines is 1. The number of aromatic nitrogens is 2. The van der Waals surface area contributed by atoms with Gasteiger partial charge in [0.25, 0.3) is 0 Å². The molecule has 0 saturated heterocycles. The maximum absolute atomic E-state index is 3.52. The first kappa shape index (κ1) is 12.9. The zero-order chi connectivity index (χ0) is 12.8. The zero-order valence-electron chi connectivity index (χ0n) is 11.3. The van der Waals surface area contributed by atoms with Gasteiger partial charge in [0.15, 0.2) is 0 Å². The first-order valence-electron chi connectivity index (χ1n) is 6.70. The van der Waals surface area contributed by atoms with Crippen LogP contribution in [0.2, 0.25) is 0 Å². The Kier molecular flexibility index (Phi) is 3.11. The Morgan fingerprint density at radius 1 is 0.950 bits per heavy atom. The van der Waals surface area contributed by atoms with E-state index in [1.165, 1.54) is 32.8 Å². The van der Waals surface area contributed by atoms with E-state index in [0.717, 1.165) is 6.54 Å². The topological polar surface area (TPSA) is 19.7 Å². The van der Waals surface area contributed by atoms with Crippen LogP contribution < -0.4 is 4.57 Å². The van der Waals surface area contributed by atoms with Gasteiger partial charge in [0, 0.05) is 11.5 Å². The van der Waals surface area contributed by atoms with Crippen molar-refractivity contribution in [3.63, 3.8) is 0 Å². The normalized spacial score (nSPS) is 11.1. The number of nitrogens with zero attached hydrogens (tertiary/aromatic N) is 1. The molecule has 3 heteroatoms. The molecule has 1 N–H and O–H groups in total. The Balaban J connectivity index is 0.00000121. The van der Waals surface area contributed by atoms with Crippen molar-refractivity contribution < 1.29 is 4.57 Å². The largest absolute Gasteiger partial charge is 0.349 e. The van der Waals surface area contributed by atoms with Crippen molar-refractivity contribution in [2.24, 2.45) is 0 Å². The number of fused-ring (bicyclic) bond motifs is 4. The molecule has 2 aromatic heterocycles. The van der Waals surface area contributed by atoms with Crippen LogP contribution in [0.4, 0.5) is 0 Å². The number of halogens is 1. The lowest BCUT2D eigenvalue weighted by molar-refractivity contribution is -0.640. The van der Waals surface area contributed by atoms with Gasteiger partial charge in [-0.05, 0) is 31.2 Å². The number of nitrogens with one attached hydrogen (secondary N) is 1. The fourth-order valence-electron chi connectivity index (χ4n) is 3.00. The minimum absolute atomic E-state index is 0. The molecule has 0 aliphatic rings. The Morgan fingerprint density at radius 3 is 2.55 bits per heavy atom. The molecule has 0 radical (unpaired) electrons. The summed E-state index contributed by atoms with van der Waals surface area (Å²) in [7, 11) is 0. The number of pyridine rings is 1. The molecule has 0 atom stereocenters. The molecule has 0 aliphatic heterocycles. The molecule has 4 aromatic rings. The van der Waals surface area contributed by atoms with E-state index in [9.17, 15) is 0 Å². The van der Waals surface area contributed by atoms with Crippen molar-refractivity contribution >= 4 is 45.2 Å². The molecular formula is C17H16ClN2+. The summed E-state index contributed by atoms with van der Waals surface area (Å²) in [6, 6.07) is 19.3. The highest BCUT2D eigenvalue weighted by Crippen LogP contribution is 2.25. The highest BCUT2D eigenvalue weighted by molar-refractivity contribution is 6.05. The van der Waals surface area contributed by atoms with E-state index in [4.69, 9.17) is 0 Å². The third-order valence-electron chi connectivity index (χ3n) is 3.82.